The summed E-state index contributed by atoms with van der Waals surface area (Å²) in [4.78, 5) is 0. The molecule has 0 bridgehead atoms. The predicted octanol–water partition coefficient (Wildman–Crippen LogP) is 5.39. The Kier molecular flexibility index (Phi) is 5.62. The number of benzene rings is 2. The quantitative estimate of drug-likeness (QED) is 0.742. The van der Waals surface area contributed by atoms with Gasteiger partial charge in [0.25, 0.3) is 0 Å². The monoisotopic (exact) mass is 389 g/mol. The molecule has 0 aromatic heterocycles. The predicted molar refractivity (Wildman–Crippen MR) is 91.0 cm³/mol. The fraction of sp³-hybridized carbons (Fsp3) is 0.200. The van der Waals surface area contributed by atoms with Crippen LogP contribution in [-0.2, 0) is 6.54 Å². The molecular weight excluding hydrogens is 377 g/mol. The summed E-state index contributed by atoms with van der Waals surface area (Å²) in [6.45, 7) is 0.558. The van der Waals surface area contributed by atoms with Gasteiger partial charge in [0.1, 0.15) is 0 Å². The molecule has 0 unspecified atom stereocenters. The number of para-hydroxylation sites is 1. The third kappa shape index (κ3) is 3.76. The van der Waals surface area contributed by atoms with Gasteiger partial charge in [0.15, 0.2) is 11.5 Å². The number of anilines is 1. The van der Waals surface area contributed by atoms with Crippen LogP contribution in [0, 0.1) is 0 Å². The highest BCUT2D eigenvalue weighted by molar-refractivity contribution is 9.10. The minimum Gasteiger partial charge on any atom is -0.493 e. The molecule has 2 aromatic carbocycles. The van der Waals surface area contributed by atoms with E-state index in [4.69, 9.17) is 32.7 Å². The molecule has 3 nitrogen and oxygen atoms in total. The first-order valence-electron chi connectivity index (χ1n) is 6.15. The normalized spacial score (nSPS) is 10.3. The van der Waals surface area contributed by atoms with Gasteiger partial charge in [-0.2, -0.15) is 0 Å². The van der Waals surface area contributed by atoms with Gasteiger partial charge in [-0.15, -0.1) is 0 Å². The van der Waals surface area contributed by atoms with Crippen molar-refractivity contribution in [2.24, 2.45) is 0 Å². The van der Waals surface area contributed by atoms with Crippen LogP contribution in [0.15, 0.2) is 34.8 Å². The van der Waals surface area contributed by atoms with Crippen LogP contribution in [-0.4, -0.2) is 14.2 Å². The van der Waals surface area contributed by atoms with Gasteiger partial charge >= 0.3 is 0 Å². The molecule has 112 valence electrons. The van der Waals surface area contributed by atoms with Crippen LogP contribution in [0.3, 0.4) is 0 Å². The molecule has 0 saturated carbocycles. The number of hydrogen-bond acceptors (Lipinski definition) is 3. The number of nitrogens with one attached hydrogen (secondary N) is 1. The van der Waals surface area contributed by atoms with E-state index >= 15 is 0 Å². The van der Waals surface area contributed by atoms with Gasteiger partial charge in [-0.1, -0.05) is 29.3 Å². The van der Waals surface area contributed by atoms with E-state index in [9.17, 15) is 0 Å². The first-order chi connectivity index (χ1) is 10.1. The summed E-state index contributed by atoms with van der Waals surface area (Å²) in [7, 11) is 3.20. The lowest BCUT2D eigenvalue weighted by Crippen LogP contribution is -2.02. The maximum Gasteiger partial charge on any atom is 0.174 e. The molecule has 1 N–H and O–H groups in total. The molecule has 0 spiro atoms. The largest absolute Gasteiger partial charge is 0.493 e. The van der Waals surface area contributed by atoms with Crippen LogP contribution >= 0.6 is 39.1 Å². The fourth-order valence-corrected chi connectivity index (χ4v) is 3.11. The van der Waals surface area contributed by atoms with Gasteiger partial charge in [0.2, 0.25) is 0 Å². The molecule has 0 radical (unpaired) electrons. The molecule has 2 aromatic rings. The Hall–Kier alpha value is -1.10. The van der Waals surface area contributed by atoms with E-state index in [1.54, 1.807) is 26.4 Å². The fourth-order valence-electron chi connectivity index (χ4n) is 1.93. The Morgan fingerprint density at radius 2 is 1.76 bits per heavy atom. The Labute approximate surface area is 142 Å². The summed E-state index contributed by atoms with van der Waals surface area (Å²) in [5.74, 6) is 1.32. The maximum atomic E-state index is 6.13. The van der Waals surface area contributed by atoms with Gasteiger partial charge in [-0.3, -0.25) is 0 Å². The molecular formula is C15H14BrCl2NO2. The van der Waals surface area contributed by atoms with Crippen LogP contribution in [0.4, 0.5) is 5.69 Å². The topological polar surface area (TPSA) is 30.5 Å². The Balaban J connectivity index is 2.23. The summed E-state index contributed by atoms with van der Waals surface area (Å²) in [6.07, 6.45) is 0. The van der Waals surface area contributed by atoms with Crippen molar-refractivity contribution >= 4 is 44.8 Å². The second-order valence-corrected chi connectivity index (χ2v) is 5.93. The number of hydrogen-bond donors (Lipinski definition) is 1. The van der Waals surface area contributed by atoms with Crippen molar-refractivity contribution in [3.05, 3.63) is 50.4 Å². The van der Waals surface area contributed by atoms with Crippen molar-refractivity contribution in [1.82, 2.24) is 0 Å². The van der Waals surface area contributed by atoms with Gasteiger partial charge in [0.05, 0.1) is 34.4 Å². The third-order valence-corrected chi connectivity index (χ3v) is 4.14. The minimum atomic E-state index is 0.558. The van der Waals surface area contributed by atoms with Crippen molar-refractivity contribution in [2.75, 3.05) is 19.5 Å². The lowest BCUT2D eigenvalue weighted by atomic mass is 10.2. The minimum absolute atomic E-state index is 0.558. The van der Waals surface area contributed by atoms with Crippen LogP contribution in [0.2, 0.25) is 10.0 Å². The number of methoxy groups -OCH3 is 2. The molecule has 0 saturated heterocycles. The Morgan fingerprint density at radius 3 is 2.33 bits per heavy atom. The maximum absolute atomic E-state index is 6.13. The highest BCUT2D eigenvalue weighted by Crippen LogP contribution is 2.37. The van der Waals surface area contributed by atoms with Gasteiger partial charge in [-0.25, -0.2) is 0 Å². The second kappa shape index (κ2) is 7.25. The molecule has 0 aliphatic carbocycles. The van der Waals surface area contributed by atoms with Crippen LogP contribution in [0.1, 0.15) is 5.56 Å². The molecule has 0 fully saturated rings. The standard InChI is InChI=1S/C15H14BrCl2NO2/c1-20-13-7-9(6-10(16)15(13)21-2)8-19-14-11(17)4-3-5-12(14)18/h3-7,19H,8H2,1-2H3. The molecule has 6 heteroatoms. The van der Waals surface area contributed by atoms with E-state index in [1.807, 2.05) is 18.2 Å². The zero-order valence-corrected chi connectivity index (χ0v) is 14.6. The zero-order valence-electron chi connectivity index (χ0n) is 11.5. The smallest absolute Gasteiger partial charge is 0.174 e. The Bertz CT molecular complexity index is 630. The highest BCUT2D eigenvalue weighted by atomic mass is 79.9. The highest BCUT2D eigenvalue weighted by Gasteiger charge is 2.11. The average Bonchev–Trinajstić information content (AvgIpc) is 2.46. The number of halogens is 3. The average molecular weight is 391 g/mol. The molecule has 21 heavy (non-hydrogen) atoms. The van der Waals surface area contributed by atoms with Gasteiger partial charge < -0.3 is 14.8 Å². The lowest BCUT2D eigenvalue weighted by molar-refractivity contribution is 0.352. The van der Waals surface area contributed by atoms with E-state index in [0.29, 0.717) is 33.8 Å². The summed E-state index contributed by atoms with van der Waals surface area (Å²) in [6, 6.07) is 9.25. The van der Waals surface area contributed by atoms with Gasteiger partial charge in [0, 0.05) is 6.54 Å². The van der Waals surface area contributed by atoms with Crippen molar-refractivity contribution in [3.8, 4) is 11.5 Å². The second-order valence-electron chi connectivity index (χ2n) is 4.26. The molecule has 0 atom stereocenters. The Morgan fingerprint density at radius 1 is 1.10 bits per heavy atom. The van der Waals surface area contributed by atoms with Crippen LogP contribution in [0.25, 0.3) is 0 Å². The summed E-state index contributed by atoms with van der Waals surface area (Å²) < 4.78 is 11.4. The number of ether oxygens (including phenoxy) is 2. The van der Waals surface area contributed by atoms with Crippen LogP contribution in [0.5, 0.6) is 11.5 Å². The number of rotatable bonds is 5. The van der Waals surface area contributed by atoms with Crippen LogP contribution < -0.4 is 14.8 Å². The van der Waals surface area contributed by atoms with E-state index in [2.05, 4.69) is 21.2 Å². The molecule has 0 aliphatic heterocycles. The van der Waals surface area contributed by atoms with Crippen molar-refractivity contribution in [2.45, 2.75) is 6.54 Å². The van der Waals surface area contributed by atoms with E-state index in [-0.39, 0.29) is 0 Å². The zero-order chi connectivity index (χ0) is 15.4. The van der Waals surface area contributed by atoms with E-state index in [1.165, 1.54) is 0 Å². The summed E-state index contributed by atoms with van der Waals surface area (Å²) >= 11 is 15.7. The first-order valence-corrected chi connectivity index (χ1v) is 7.70. The molecule has 0 heterocycles. The summed E-state index contributed by atoms with van der Waals surface area (Å²) in [5, 5.41) is 4.40. The molecule has 0 aliphatic rings. The third-order valence-electron chi connectivity index (χ3n) is 2.93. The van der Waals surface area contributed by atoms with E-state index < -0.39 is 0 Å². The lowest BCUT2D eigenvalue weighted by Gasteiger charge is -2.14. The van der Waals surface area contributed by atoms with Crippen molar-refractivity contribution in [1.29, 1.82) is 0 Å². The van der Waals surface area contributed by atoms with Crippen molar-refractivity contribution < 1.29 is 9.47 Å². The van der Waals surface area contributed by atoms with Crippen molar-refractivity contribution in [3.63, 3.8) is 0 Å². The molecule has 2 rings (SSSR count). The summed E-state index contributed by atoms with van der Waals surface area (Å²) in [5.41, 5.74) is 1.72. The SMILES string of the molecule is COc1cc(CNc2c(Cl)cccc2Cl)cc(Br)c1OC. The molecule has 0 amide bonds. The van der Waals surface area contributed by atoms with E-state index in [0.717, 1.165) is 10.0 Å². The van der Waals surface area contributed by atoms with Gasteiger partial charge in [-0.05, 0) is 45.8 Å². The first kappa shape index (κ1) is 16.3.